The molecule has 0 saturated carbocycles. The molecule has 1 amide bonds. The lowest BCUT2D eigenvalue weighted by Gasteiger charge is -2.31. The molecular formula is C23H26F3N3O5S. The maximum absolute atomic E-state index is 14.3. The quantitative estimate of drug-likeness (QED) is 0.550. The largest absolute Gasteiger partial charge is 0.461 e. The van der Waals surface area contributed by atoms with E-state index in [-0.39, 0.29) is 42.4 Å². The van der Waals surface area contributed by atoms with Gasteiger partial charge in [0, 0.05) is 24.8 Å². The highest BCUT2D eigenvalue weighted by Gasteiger charge is 2.32. The number of nitrogens with two attached hydrogens (primary N) is 1. The van der Waals surface area contributed by atoms with E-state index < -0.39 is 57.1 Å². The molecule has 3 rings (SSSR count). The molecule has 2 aromatic rings. The molecule has 0 aromatic heterocycles. The predicted molar refractivity (Wildman–Crippen MR) is 121 cm³/mol. The number of esters is 1. The van der Waals surface area contributed by atoms with Crippen LogP contribution in [0.3, 0.4) is 0 Å². The number of nitrogens with zero attached hydrogens (tertiary/aromatic N) is 1. The van der Waals surface area contributed by atoms with E-state index in [4.69, 9.17) is 10.5 Å². The molecule has 1 aliphatic rings. The van der Waals surface area contributed by atoms with Crippen LogP contribution in [-0.4, -0.2) is 49.8 Å². The lowest BCUT2D eigenvalue weighted by Crippen LogP contribution is -2.44. The summed E-state index contributed by atoms with van der Waals surface area (Å²) in [4.78, 5) is 24.2. The Bertz CT molecular complexity index is 1210. The van der Waals surface area contributed by atoms with Gasteiger partial charge in [-0.2, -0.15) is 4.31 Å². The fraction of sp³-hybridized carbons (Fsp3) is 0.391. The molecule has 2 aromatic carbocycles. The molecule has 1 fully saturated rings. The van der Waals surface area contributed by atoms with Crippen molar-refractivity contribution in [3.8, 4) is 0 Å². The van der Waals surface area contributed by atoms with E-state index in [0.717, 1.165) is 40.7 Å². The van der Waals surface area contributed by atoms with Crippen molar-refractivity contribution in [1.29, 1.82) is 0 Å². The normalized spacial score (nSPS) is 16.2. The standard InChI is InChI=1S/C23H26F3N3O5S/c1-13(2)21(27)23(31)34-15-7-9-29(10-8-15)35(32,33)16-4-6-18(24)17(12-16)22(30)28-14-3-5-19(25)20(26)11-14/h3-6,11-13,15,21H,7-10,27H2,1-2H3,(H,28,30)/t21-/m0/s1. The van der Waals surface area contributed by atoms with Crippen molar-refractivity contribution in [1.82, 2.24) is 4.31 Å². The number of amides is 1. The average Bonchev–Trinajstić information content (AvgIpc) is 2.81. The van der Waals surface area contributed by atoms with Gasteiger partial charge >= 0.3 is 5.97 Å². The SMILES string of the molecule is CC(C)[C@H](N)C(=O)OC1CCN(S(=O)(=O)c2ccc(F)c(C(=O)Nc3ccc(F)c(F)c3)c2)CC1. The predicted octanol–water partition coefficient (Wildman–Crippen LogP) is 3.04. The summed E-state index contributed by atoms with van der Waals surface area (Å²) in [5.41, 5.74) is 5.07. The molecule has 1 heterocycles. The second kappa shape index (κ2) is 10.8. The Morgan fingerprint density at radius 1 is 1.03 bits per heavy atom. The topological polar surface area (TPSA) is 119 Å². The number of nitrogens with one attached hydrogen (secondary N) is 1. The van der Waals surface area contributed by atoms with Crippen LogP contribution in [0.15, 0.2) is 41.3 Å². The Balaban J connectivity index is 1.70. The van der Waals surface area contributed by atoms with Gasteiger partial charge in [-0.25, -0.2) is 21.6 Å². The number of halogens is 3. The van der Waals surface area contributed by atoms with Gasteiger partial charge in [0.25, 0.3) is 5.91 Å². The van der Waals surface area contributed by atoms with Crippen molar-refractivity contribution in [2.45, 2.75) is 43.7 Å². The van der Waals surface area contributed by atoms with Crippen LogP contribution in [0.1, 0.15) is 37.0 Å². The molecule has 12 heteroatoms. The Kier molecular flexibility index (Phi) is 8.18. The van der Waals surface area contributed by atoms with Gasteiger partial charge in [-0.15, -0.1) is 0 Å². The fourth-order valence-electron chi connectivity index (χ4n) is 3.47. The summed E-state index contributed by atoms with van der Waals surface area (Å²) in [6.45, 7) is 3.67. The summed E-state index contributed by atoms with van der Waals surface area (Å²) >= 11 is 0. The first-order valence-electron chi connectivity index (χ1n) is 10.9. The van der Waals surface area contributed by atoms with Crippen molar-refractivity contribution in [2.24, 2.45) is 11.7 Å². The van der Waals surface area contributed by atoms with Crippen LogP contribution in [0.5, 0.6) is 0 Å². The summed E-state index contributed by atoms with van der Waals surface area (Å²) in [6.07, 6.45) is 0.0189. The molecule has 0 unspecified atom stereocenters. The fourth-order valence-corrected chi connectivity index (χ4v) is 4.96. The molecule has 1 saturated heterocycles. The summed E-state index contributed by atoms with van der Waals surface area (Å²) in [5, 5.41) is 2.21. The smallest absolute Gasteiger partial charge is 0.323 e. The second-order valence-corrected chi connectivity index (χ2v) is 10.5. The molecule has 0 spiro atoms. The number of hydrogen-bond donors (Lipinski definition) is 2. The molecule has 1 atom stereocenters. The zero-order valence-corrected chi connectivity index (χ0v) is 19.9. The van der Waals surface area contributed by atoms with Crippen LogP contribution in [0, 0.1) is 23.4 Å². The number of benzene rings is 2. The van der Waals surface area contributed by atoms with Gasteiger partial charge in [-0.1, -0.05) is 13.8 Å². The average molecular weight is 514 g/mol. The zero-order valence-electron chi connectivity index (χ0n) is 19.1. The molecule has 1 aliphatic heterocycles. The first kappa shape index (κ1) is 26.6. The minimum absolute atomic E-state index is 0.0466. The first-order chi connectivity index (χ1) is 16.4. The Labute approximate surface area is 201 Å². The van der Waals surface area contributed by atoms with Gasteiger partial charge in [0.1, 0.15) is 18.0 Å². The number of rotatable bonds is 7. The van der Waals surface area contributed by atoms with Gasteiger partial charge in [0.2, 0.25) is 10.0 Å². The maximum atomic E-state index is 14.3. The third kappa shape index (κ3) is 6.19. The van der Waals surface area contributed by atoms with E-state index in [0.29, 0.717) is 0 Å². The molecule has 0 radical (unpaired) electrons. The van der Waals surface area contributed by atoms with Crippen LogP contribution < -0.4 is 11.1 Å². The van der Waals surface area contributed by atoms with Crippen molar-refractivity contribution in [3.63, 3.8) is 0 Å². The second-order valence-electron chi connectivity index (χ2n) is 8.53. The third-order valence-corrected chi connectivity index (χ3v) is 7.57. The zero-order chi connectivity index (χ0) is 25.9. The van der Waals surface area contributed by atoms with Crippen molar-refractivity contribution >= 4 is 27.6 Å². The van der Waals surface area contributed by atoms with E-state index in [2.05, 4.69) is 5.32 Å². The number of sulfonamides is 1. The van der Waals surface area contributed by atoms with Gasteiger partial charge < -0.3 is 15.8 Å². The minimum atomic E-state index is -4.09. The van der Waals surface area contributed by atoms with E-state index in [9.17, 15) is 31.2 Å². The Hall–Kier alpha value is -2.96. The van der Waals surface area contributed by atoms with Crippen LogP contribution in [0.2, 0.25) is 0 Å². The van der Waals surface area contributed by atoms with E-state index in [1.54, 1.807) is 13.8 Å². The van der Waals surface area contributed by atoms with E-state index in [1.165, 1.54) is 0 Å². The van der Waals surface area contributed by atoms with Crippen molar-refractivity contribution in [2.75, 3.05) is 18.4 Å². The van der Waals surface area contributed by atoms with Gasteiger partial charge in [-0.05, 0) is 49.1 Å². The summed E-state index contributed by atoms with van der Waals surface area (Å²) < 4.78 is 73.5. The lowest BCUT2D eigenvalue weighted by molar-refractivity contribution is -0.153. The van der Waals surface area contributed by atoms with Crippen LogP contribution in [0.25, 0.3) is 0 Å². The van der Waals surface area contributed by atoms with Crippen molar-refractivity contribution < 1.29 is 35.9 Å². The molecule has 35 heavy (non-hydrogen) atoms. The number of carbonyl (C=O) groups excluding carboxylic acids is 2. The van der Waals surface area contributed by atoms with Crippen LogP contribution in [-0.2, 0) is 19.6 Å². The van der Waals surface area contributed by atoms with E-state index >= 15 is 0 Å². The summed E-state index contributed by atoms with van der Waals surface area (Å²) in [5.74, 6) is -5.00. The number of piperidine rings is 1. The van der Waals surface area contributed by atoms with Gasteiger partial charge in [0.05, 0.1) is 10.5 Å². The molecule has 0 aliphatic carbocycles. The van der Waals surface area contributed by atoms with Crippen molar-refractivity contribution in [3.05, 3.63) is 59.4 Å². The third-order valence-electron chi connectivity index (χ3n) is 5.67. The monoisotopic (exact) mass is 513 g/mol. The highest BCUT2D eigenvalue weighted by atomic mass is 32.2. The summed E-state index contributed by atoms with van der Waals surface area (Å²) in [6, 6.07) is 4.58. The number of carbonyl (C=O) groups is 2. The lowest BCUT2D eigenvalue weighted by atomic mass is 10.1. The Morgan fingerprint density at radius 2 is 1.66 bits per heavy atom. The molecule has 0 bridgehead atoms. The number of hydrogen-bond acceptors (Lipinski definition) is 6. The highest BCUT2D eigenvalue weighted by Crippen LogP contribution is 2.25. The molecule has 8 nitrogen and oxygen atoms in total. The maximum Gasteiger partial charge on any atom is 0.323 e. The van der Waals surface area contributed by atoms with Crippen LogP contribution >= 0.6 is 0 Å². The Morgan fingerprint density at radius 3 is 2.26 bits per heavy atom. The summed E-state index contributed by atoms with van der Waals surface area (Å²) in [7, 11) is -4.09. The minimum Gasteiger partial charge on any atom is -0.461 e. The van der Waals surface area contributed by atoms with Gasteiger partial charge in [-0.3, -0.25) is 9.59 Å². The molecule has 3 N–H and O–H groups in total. The van der Waals surface area contributed by atoms with Crippen LogP contribution in [0.4, 0.5) is 18.9 Å². The molecular weight excluding hydrogens is 487 g/mol. The molecule has 190 valence electrons. The number of anilines is 1. The van der Waals surface area contributed by atoms with E-state index in [1.807, 2.05) is 0 Å². The first-order valence-corrected chi connectivity index (χ1v) is 12.4. The number of ether oxygens (including phenoxy) is 1. The highest BCUT2D eigenvalue weighted by molar-refractivity contribution is 7.89. The van der Waals surface area contributed by atoms with Gasteiger partial charge in [0.15, 0.2) is 11.6 Å².